The molecule has 0 radical (unpaired) electrons. The summed E-state index contributed by atoms with van der Waals surface area (Å²) in [6.45, 7) is 3.24. The van der Waals surface area contributed by atoms with Gasteiger partial charge in [0.15, 0.2) is 0 Å². The summed E-state index contributed by atoms with van der Waals surface area (Å²) >= 11 is 6.20. The van der Waals surface area contributed by atoms with E-state index in [1.165, 1.54) is 26.2 Å². The van der Waals surface area contributed by atoms with Gasteiger partial charge in [0.05, 0.1) is 29.8 Å². The topological polar surface area (TPSA) is 138 Å². The number of rotatable bonds is 14. The summed E-state index contributed by atoms with van der Waals surface area (Å²) in [5.74, 6) is -2.60. The number of benzene rings is 1. The Morgan fingerprint density at radius 3 is 2.58 bits per heavy atom. The number of aromatic nitrogens is 1. The molecule has 204 valence electrons. The molecule has 0 saturated heterocycles. The molecule has 0 spiro atoms. The van der Waals surface area contributed by atoms with Crippen LogP contribution in [0.1, 0.15) is 31.5 Å². The number of carboxylic acids is 1. The van der Waals surface area contributed by atoms with Gasteiger partial charge in [-0.25, -0.2) is 0 Å². The predicted octanol–water partition coefficient (Wildman–Crippen LogP) is 3.26. The number of carboxylic acid groups (broad SMARTS) is 1. The number of ether oxygens (including phenoxy) is 1. The zero-order valence-electron chi connectivity index (χ0n) is 21.6. The zero-order chi connectivity index (χ0) is 28.1. The third-order valence-electron chi connectivity index (χ3n) is 5.81. The van der Waals surface area contributed by atoms with Gasteiger partial charge < -0.3 is 25.6 Å². The maximum atomic E-state index is 12.8. The minimum Gasteiger partial charge on any atom is -0.495 e. The van der Waals surface area contributed by atoms with Crippen LogP contribution < -0.4 is 15.4 Å². The number of hydrogen-bond donors (Lipinski definition) is 4. The molecule has 9 nitrogen and oxygen atoms in total. The Labute approximate surface area is 227 Å². The molecular weight excluding hydrogens is 510 g/mol. The molecule has 0 bridgehead atoms. The van der Waals surface area contributed by atoms with Gasteiger partial charge in [0, 0.05) is 25.1 Å². The van der Waals surface area contributed by atoms with Crippen molar-refractivity contribution in [2.75, 3.05) is 13.7 Å². The lowest BCUT2D eigenvalue weighted by Gasteiger charge is -2.19. The number of aliphatic carboxylic acids is 1. The SMILES string of the molecule is COc1ccc(CC(NC(=O)/C=C/C[C@H](O)[C@H](C)/C=C/c2ccccn2)C(=O)NCC(C)C(=O)O)cc1Cl. The van der Waals surface area contributed by atoms with Gasteiger partial charge in [0.1, 0.15) is 11.8 Å². The normalized spacial score (nSPS) is 14.6. The van der Waals surface area contributed by atoms with Crippen molar-refractivity contribution in [1.82, 2.24) is 15.6 Å². The Bertz CT molecular complexity index is 1140. The van der Waals surface area contributed by atoms with Gasteiger partial charge in [-0.05, 0) is 48.4 Å². The van der Waals surface area contributed by atoms with Crippen LogP contribution in [0.2, 0.25) is 5.02 Å². The Hall–Kier alpha value is -3.69. The van der Waals surface area contributed by atoms with Crippen LogP contribution >= 0.6 is 11.6 Å². The van der Waals surface area contributed by atoms with Crippen molar-refractivity contribution in [2.24, 2.45) is 11.8 Å². The molecule has 1 heterocycles. The maximum absolute atomic E-state index is 12.8. The first-order valence-corrected chi connectivity index (χ1v) is 12.6. The summed E-state index contributed by atoms with van der Waals surface area (Å²) in [5, 5.41) is 25.1. The number of nitrogens with one attached hydrogen (secondary N) is 2. The van der Waals surface area contributed by atoms with Crippen LogP contribution in [0.5, 0.6) is 5.75 Å². The summed E-state index contributed by atoms with van der Waals surface area (Å²) in [5.41, 5.74) is 1.46. The minimum atomic E-state index is -1.04. The molecule has 10 heteroatoms. The summed E-state index contributed by atoms with van der Waals surface area (Å²) in [6, 6.07) is 9.59. The fourth-order valence-electron chi connectivity index (χ4n) is 3.35. The van der Waals surface area contributed by atoms with E-state index in [1.54, 1.807) is 24.4 Å². The number of nitrogens with zero attached hydrogens (tertiary/aromatic N) is 1. The summed E-state index contributed by atoms with van der Waals surface area (Å²) in [4.78, 5) is 40.7. The number of hydrogen-bond acceptors (Lipinski definition) is 6. The van der Waals surface area contributed by atoms with Gasteiger partial charge >= 0.3 is 5.97 Å². The molecule has 4 N–H and O–H groups in total. The number of aliphatic hydroxyl groups excluding tert-OH is 1. The second-order valence-electron chi connectivity index (χ2n) is 8.90. The lowest BCUT2D eigenvalue weighted by Crippen LogP contribution is -2.48. The van der Waals surface area contributed by atoms with Crippen molar-refractivity contribution in [2.45, 2.75) is 38.8 Å². The summed E-state index contributed by atoms with van der Waals surface area (Å²) < 4.78 is 5.15. The first kappa shape index (κ1) is 30.5. The molecule has 2 rings (SSSR count). The summed E-state index contributed by atoms with van der Waals surface area (Å²) in [6.07, 6.45) is 7.78. The molecule has 0 saturated carbocycles. The third-order valence-corrected chi connectivity index (χ3v) is 6.10. The molecule has 38 heavy (non-hydrogen) atoms. The van der Waals surface area contributed by atoms with Crippen LogP contribution in [0.3, 0.4) is 0 Å². The van der Waals surface area contributed by atoms with Crippen molar-refractivity contribution in [3.63, 3.8) is 0 Å². The van der Waals surface area contributed by atoms with Gasteiger partial charge in [-0.2, -0.15) is 0 Å². The van der Waals surface area contributed by atoms with E-state index >= 15 is 0 Å². The maximum Gasteiger partial charge on any atom is 0.308 e. The molecule has 2 amide bonds. The van der Waals surface area contributed by atoms with E-state index in [-0.39, 0.29) is 25.3 Å². The van der Waals surface area contributed by atoms with Gasteiger partial charge in [-0.1, -0.05) is 49.7 Å². The average Bonchev–Trinajstić information content (AvgIpc) is 2.90. The van der Waals surface area contributed by atoms with Crippen LogP contribution in [-0.2, 0) is 20.8 Å². The smallest absolute Gasteiger partial charge is 0.308 e. The molecule has 0 aliphatic carbocycles. The van der Waals surface area contributed by atoms with Crippen molar-refractivity contribution in [3.05, 3.63) is 77.1 Å². The molecule has 1 aromatic heterocycles. The Morgan fingerprint density at radius 1 is 1.18 bits per heavy atom. The largest absolute Gasteiger partial charge is 0.495 e. The van der Waals surface area contributed by atoms with Crippen LogP contribution in [-0.4, -0.2) is 58.8 Å². The quantitative estimate of drug-likeness (QED) is 0.268. The molecule has 0 aliphatic rings. The van der Waals surface area contributed by atoms with E-state index in [0.29, 0.717) is 16.3 Å². The average molecular weight is 544 g/mol. The van der Waals surface area contributed by atoms with Gasteiger partial charge in [-0.3, -0.25) is 19.4 Å². The number of methoxy groups -OCH3 is 1. The summed E-state index contributed by atoms with van der Waals surface area (Å²) in [7, 11) is 1.49. The van der Waals surface area contributed by atoms with Crippen LogP contribution in [0.4, 0.5) is 0 Å². The van der Waals surface area contributed by atoms with E-state index in [0.717, 1.165) is 5.69 Å². The number of carbonyl (C=O) groups is 3. The van der Waals surface area contributed by atoms with E-state index in [1.807, 2.05) is 37.3 Å². The predicted molar refractivity (Wildman–Crippen MR) is 146 cm³/mol. The molecule has 0 aliphatic heterocycles. The first-order chi connectivity index (χ1) is 18.1. The minimum absolute atomic E-state index is 0.0875. The monoisotopic (exact) mass is 543 g/mol. The van der Waals surface area contributed by atoms with Crippen LogP contribution in [0.15, 0.2) is 60.8 Å². The number of halogens is 1. The fourth-order valence-corrected chi connectivity index (χ4v) is 3.63. The third kappa shape index (κ3) is 10.4. The lowest BCUT2D eigenvalue weighted by atomic mass is 10.0. The van der Waals surface area contributed by atoms with Gasteiger partial charge in [-0.15, -0.1) is 0 Å². The highest BCUT2D eigenvalue weighted by molar-refractivity contribution is 6.32. The van der Waals surface area contributed by atoms with Crippen molar-refractivity contribution >= 4 is 35.5 Å². The molecule has 4 atom stereocenters. The highest BCUT2D eigenvalue weighted by atomic mass is 35.5. The van der Waals surface area contributed by atoms with E-state index < -0.39 is 35.8 Å². The molecular formula is C28H34ClN3O6. The second kappa shape index (κ2) is 15.5. The number of amides is 2. The highest BCUT2D eigenvalue weighted by Crippen LogP contribution is 2.25. The van der Waals surface area contributed by atoms with Gasteiger partial charge in [0.2, 0.25) is 11.8 Å². The fraction of sp³-hybridized carbons (Fsp3) is 0.357. The van der Waals surface area contributed by atoms with E-state index in [2.05, 4.69) is 15.6 Å². The number of aliphatic hydroxyl groups is 1. The van der Waals surface area contributed by atoms with Crippen molar-refractivity contribution < 1.29 is 29.3 Å². The molecule has 2 aromatic rings. The highest BCUT2D eigenvalue weighted by Gasteiger charge is 2.22. The van der Waals surface area contributed by atoms with Crippen molar-refractivity contribution in [1.29, 1.82) is 0 Å². The molecule has 2 unspecified atom stereocenters. The first-order valence-electron chi connectivity index (χ1n) is 12.2. The lowest BCUT2D eigenvalue weighted by molar-refractivity contribution is -0.141. The standard InChI is InChI=1S/C28H34ClN3O6/c1-18(10-12-21-7-4-5-14-30-21)24(33)8-6-9-26(34)32-23(27(35)31-17-19(2)28(36)37)16-20-11-13-25(38-3)22(29)15-20/h4-7,9-15,18-19,23-24,33H,8,16-17H2,1-3H3,(H,31,35)(H,32,34)(H,36,37)/b9-6+,12-10+/t18-,19?,23?,24+/m1/s1. The van der Waals surface area contributed by atoms with Crippen LogP contribution in [0.25, 0.3) is 6.08 Å². The Morgan fingerprint density at radius 2 is 1.95 bits per heavy atom. The second-order valence-corrected chi connectivity index (χ2v) is 9.30. The van der Waals surface area contributed by atoms with Gasteiger partial charge in [0.25, 0.3) is 0 Å². The molecule has 0 fully saturated rings. The Kier molecular flexibility index (Phi) is 12.5. The van der Waals surface area contributed by atoms with E-state index in [4.69, 9.17) is 21.4 Å². The number of pyridine rings is 1. The Balaban J connectivity index is 2.01. The number of carbonyl (C=O) groups excluding carboxylic acids is 2. The van der Waals surface area contributed by atoms with E-state index in [9.17, 15) is 19.5 Å². The zero-order valence-corrected chi connectivity index (χ0v) is 22.4. The van der Waals surface area contributed by atoms with Crippen LogP contribution in [0, 0.1) is 11.8 Å². The van der Waals surface area contributed by atoms with Crippen molar-refractivity contribution in [3.8, 4) is 5.75 Å². The molecule has 1 aromatic carbocycles.